The lowest BCUT2D eigenvalue weighted by molar-refractivity contribution is 0.0963. The SMILES string of the molecule is CCOc1ccc(Nc2nc(-c3cc(NC(=O)c4ccccc4)c(C)cc3C(=O)NC)cn3ccnc23)cc1OC. The van der Waals surface area contributed by atoms with Crippen LogP contribution in [0.5, 0.6) is 11.5 Å². The molecule has 0 saturated heterocycles. The molecule has 5 rings (SSSR count). The zero-order chi connectivity index (χ0) is 28.9. The van der Waals surface area contributed by atoms with E-state index < -0.39 is 0 Å². The van der Waals surface area contributed by atoms with Gasteiger partial charge in [0.05, 0.1) is 19.4 Å². The zero-order valence-corrected chi connectivity index (χ0v) is 23.2. The van der Waals surface area contributed by atoms with Crippen molar-refractivity contribution in [2.24, 2.45) is 0 Å². The van der Waals surface area contributed by atoms with Crippen LogP contribution in [0.2, 0.25) is 0 Å². The number of ether oxygens (including phenoxy) is 2. The molecule has 0 unspecified atom stereocenters. The van der Waals surface area contributed by atoms with Gasteiger partial charge in [0.2, 0.25) is 0 Å². The molecule has 5 aromatic rings. The smallest absolute Gasteiger partial charge is 0.255 e. The van der Waals surface area contributed by atoms with Crippen molar-refractivity contribution in [3.63, 3.8) is 0 Å². The summed E-state index contributed by atoms with van der Waals surface area (Å²) in [5.74, 6) is 1.15. The number of imidazole rings is 1. The van der Waals surface area contributed by atoms with Gasteiger partial charge in [-0.2, -0.15) is 0 Å². The van der Waals surface area contributed by atoms with Crippen molar-refractivity contribution in [2.45, 2.75) is 13.8 Å². The molecule has 0 aliphatic rings. The average Bonchev–Trinajstić information content (AvgIpc) is 3.48. The molecular formula is C31H30N6O4. The molecule has 0 bridgehead atoms. The molecule has 3 N–H and O–H groups in total. The van der Waals surface area contributed by atoms with Crippen LogP contribution in [0, 0.1) is 6.92 Å². The van der Waals surface area contributed by atoms with Crippen LogP contribution in [0.15, 0.2) is 79.3 Å². The first kappa shape index (κ1) is 27.2. The van der Waals surface area contributed by atoms with Gasteiger partial charge in [-0.1, -0.05) is 18.2 Å². The third-order valence-electron chi connectivity index (χ3n) is 6.50. The zero-order valence-electron chi connectivity index (χ0n) is 23.2. The standard InChI is InChI=1S/C31H30N6O4/c1-5-41-26-12-11-21(16-27(26)40-4)34-28-29-33-13-14-37(29)18-25(35-28)22-17-24(19(2)15-23(22)31(39)32-3)36-30(38)20-9-7-6-8-10-20/h6-18H,5H2,1-4H3,(H,32,39)(H,34,35)(H,36,38). The third kappa shape index (κ3) is 5.67. The van der Waals surface area contributed by atoms with E-state index in [0.29, 0.717) is 63.3 Å². The Hall–Kier alpha value is -5.38. The molecule has 0 radical (unpaired) electrons. The fraction of sp³-hybridized carbons (Fsp3) is 0.161. The van der Waals surface area contributed by atoms with Crippen molar-refractivity contribution in [1.29, 1.82) is 0 Å². The maximum absolute atomic E-state index is 13.0. The number of amides is 2. The molecule has 3 aromatic carbocycles. The Kier molecular flexibility index (Phi) is 7.82. The van der Waals surface area contributed by atoms with Gasteiger partial charge in [-0.25, -0.2) is 9.97 Å². The number of nitrogens with one attached hydrogen (secondary N) is 3. The van der Waals surface area contributed by atoms with Crippen molar-refractivity contribution in [2.75, 3.05) is 31.4 Å². The van der Waals surface area contributed by atoms with E-state index in [1.807, 2.05) is 42.5 Å². The summed E-state index contributed by atoms with van der Waals surface area (Å²) in [4.78, 5) is 35.3. The van der Waals surface area contributed by atoms with E-state index in [-0.39, 0.29) is 11.8 Å². The molecule has 0 saturated carbocycles. The first-order chi connectivity index (χ1) is 19.9. The van der Waals surface area contributed by atoms with E-state index in [1.54, 1.807) is 69.1 Å². The molecule has 0 fully saturated rings. The summed E-state index contributed by atoms with van der Waals surface area (Å²) in [6.45, 7) is 4.27. The Bertz CT molecular complexity index is 1730. The van der Waals surface area contributed by atoms with Gasteiger partial charge >= 0.3 is 0 Å². The molecule has 41 heavy (non-hydrogen) atoms. The molecule has 10 nitrogen and oxygen atoms in total. The predicted octanol–water partition coefficient (Wildman–Crippen LogP) is 5.47. The summed E-state index contributed by atoms with van der Waals surface area (Å²) < 4.78 is 13.0. The van der Waals surface area contributed by atoms with Crippen LogP contribution < -0.4 is 25.4 Å². The summed E-state index contributed by atoms with van der Waals surface area (Å²) in [5.41, 5.74) is 4.60. The number of aryl methyl sites for hydroxylation is 1. The second-order valence-corrected chi connectivity index (χ2v) is 9.17. The van der Waals surface area contributed by atoms with Crippen LogP contribution in [0.25, 0.3) is 16.9 Å². The van der Waals surface area contributed by atoms with Crippen LogP contribution in [0.1, 0.15) is 33.2 Å². The van der Waals surface area contributed by atoms with Crippen LogP contribution in [0.3, 0.4) is 0 Å². The highest BCUT2D eigenvalue weighted by atomic mass is 16.5. The molecule has 2 amide bonds. The normalized spacial score (nSPS) is 10.7. The third-order valence-corrected chi connectivity index (χ3v) is 6.50. The summed E-state index contributed by atoms with van der Waals surface area (Å²) >= 11 is 0. The number of nitrogens with zero attached hydrogens (tertiary/aromatic N) is 3. The highest BCUT2D eigenvalue weighted by Gasteiger charge is 2.20. The number of carbonyl (C=O) groups excluding carboxylic acids is 2. The van der Waals surface area contributed by atoms with Crippen LogP contribution in [-0.4, -0.2) is 46.9 Å². The largest absolute Gasteiger partial charge is 0.493 e. The van der Waals surface area contributed by atoms with Gasteiger partial charge < -0.3 is 29.8 Å². The van der Waals surface area contributed by atoms with Gasteiger partial charge in [0.1, 0.15) is 0 Å². The van der Waals surface area contributed by atoms with Crippen molar-refractivity contribution >= 4 is 34.7 Å². The fourth-order valence-electron chi connectivity index (χ4n) is 4.46. The summed E-state index contributed by atoms with van der Waals surface area (Å²) in [5, 5.41) is 9.01. The highest BCUT2D eigenvalue weighted by Crippen LogP contribution is 2.34. The molecular weight excluding hydrogens is 520 g/mol. The van der Waals surface area contributed by atoms with Crippen LogP contribution in [-0.2, 0) is 0 Å². The molecule has 2 heterocycles. The maximum Gasteiger partial charge on any atom is 0.255 e. The minimum Gasteiger partial charge on any atom is -0.493 e. The number of hydrogen-bond acceptors (Lipinski definition) is 7. The summed E-state index contributed by atoms with van der Waals surface area (Å²) in [6.07, 6.45) is 5.27. The van der Waals surface area contributed by atoms with Gasteiger partial charge in [-0.3, -0.25) is 9.59 Å². The minimum atomic E-state index is -0.276. The lowest BCUT2D eigenvalue weighted by atomic mass is 9.99. The lowest BCUT2D eigenvalue weighted by Gasteiger charge is -2.16. The van der Waals surface area contributed by atoms with E-state index in [0.717, 1.165) is 5.56 Å². The monoisotopic (exact) mass is 550 g/mol. The Morgan fingerprint density at radius 2 is 1.80 bits per heavy atom. The number of carbonyl (C=O) groups is 2. The van der Waals surface area contributed by atoms with E-state index in [9.17, 15) is 9.59 Å². The van der Waals surface area contributed by atoms with Gasteiger partial charge in [0.15, 0.2) is 23.0 Å². The summed E-state index contributed by atoms with van der Waals surface area (Å²) in [7, 11) is 3.16. The Morgan fingerprint density at radius 3 is 2.54 bits per heavy atom. The Labute approximate surface area is 237 Å². The second kappa shape index (κ2) is 11.8. The number of benzene rings is 3. The van der Waals surface area contributed by atoms with Crippen LogP contribution in [0.4, 0.5) is 17.2 Å². The molecule has 10 heteroatoms. The highest BCUT2D eigenvalue weighted by molar-refractivity contribution is 6.06. The molecule has 0 aliphatic heterocycles. The summed E-state index contributed by atoms with van der Waals surface area (Å²) in [6, 6.07) is 18.0. The quantitative estimate of drug-likeness (QED) is 0.223. The number of aromatic nitrogens is 3. The number of hydrogen-bond donors (Lipinski definition) is 3. The number of fused-ring (bicyclic) bond motifs is 1. The molecule has 208 valence electrons. The van der Waals surface area contributed by atoms with E-state index in [1.165, 1.54) is 0 Å². The van der Waals surface area contributed by atoms with E-state index in [2.05, 4.69) is 20.9 Å². The van der Waals surface area contributed by atoms with Crippen molar-refractivity contribution in [3.05, 3.63) is 95.9 Å². The van der Waals surface area contributed by atoms with E-state index >= 15 is 0 Å². The maximum atomic E-state index is 13.0. The number of anilines is 3. The molecule has 0 atom stereocenters. The number of rotatable bonds is 9. The predicted molar refractivity (Wildman–Crippen MR) is 158 cm³/mol. The lowest BCUT2D eigenvalue weighted by Crippen LogP contribution is -2.20. The first-order valence-electron chi connectivity index (χ1n) is 13.1. The Morgan fingerprint density at radius 1 is 1.00 bits per heavy atom. The van der Waals surface area contributed by atoms with Gasteiger partial charge in [-0.15, -0.1) is 0 Å². The van der Waals surface area contributed by atoms with Gasteiger partial charge in [-0.05, 0) is 55.8 Å². The van der Waals surface area contributed by atoms with Crippen molar-refractivity contribution in [1.82, 2.24) is 19.7 Å². The van der Waals surface area contributed by atoms with E-state index in [4.69, 9.17) is 14.5 Å². The van der Waals surface area contributed by atoms with Crippen molar-refractivity contribution in [3.8, 4) is 22.8 Å². The first-order valence-corrected chi connectivity index (χ1v) is 13.1. The van der Waals surface area contributed by atoms with Gasteiger partial charge in [0, 0.05) is 59.8 Å². The molecule has 2 aromatic heterocycles. The topological polar surface area (TPSA) is 119 Å². The molecule has 0 spiro atoms. The second-order valence-electron chi connectivity index (χ2n) is 9.17. The Balaban J connectivity index is 1.59. The average molecular weight is 551 g/mol. The van der Waals surface area contributed by atoms with Crippen LogP contribution >= 0.6 is 0 Å². The number of methoxy groups -OCH3 is 1. The minimum absolute atomic E-state index is 0.253. The fourth-order valence-corrected chi connectivity index (χ4v) is 4.46. The molecule has 0 aliphatic carbocycles. The van der Waals surface area contributed by atoms with Gasteiger partial charge in [0.25, 0.3) is 11.8 Å². The van der Waals surface area contributed by atoms with Crippen molar-refractivity contribution < 1.29 is 19.1 Å².